The van der Waals surface area contributed by atoms with Crippen LogP contribution in [-0.4, -0.2) is 24.5 Å². The first-order valence-electron chi connectivity index (χ1n) is 7.40. The van der Waals surface area contributed by atoms with Crippen molar-refractivity contribution in [2.75, 3.05) is 0 Å². The summed E-state index contributed by atoms with van der Waals surface area (Å²) in [6.07, 6.45) is 3.56. The summed E-state index contributed by atoms with van der Waals surface area (Å²) in [5, 5.41) is 8.15. The smallest absolute Gasteiger partial charge is 0.330 e. The topological polar surface area (TPSA) is 94.8 Å². The molecule has 0 amide bonds. The van der Waals surface area contributed by atoms with Crippen LogP contribution in [0.3, 0.4) is 0 Å². The van der Waals surface area contributed by atoms with E-state index in [2.05, 4.69) is 29.1 Å². The third kappa shape index (κ3) is 1.40. The lowest BCUT2D eigenvalue weighted by Crippen LogP contribution is -2.38. The van der Waals surface area contributed by atoms with Crippen molar-refractivity contribution in [1.82, 2.24) is 24.5 Å². The molecule has 2 aliphatic heterocycles. The Morgan fingerprint density at radius 1 is 1.45 bits per heavy atom. The van der Waals surface area contributed by atoms with Gasteiger partial charge in [-0.3, -0.25) is 14.3 Å². The first kappa shape index (κ1) is 13.4. The van der Waals surface area contributed by atoms with Gasteiger partial charge in [0, 0.05) is 17.7 Å². The van der Waals surface area contributed by atoms with Crippen LogP contribution < -0.4 is 11.2 Å². The molecule has 0 spiro atoms. The molecule has 116 valence electrons. The van der Waals surface area contributed by atoms with Gasteiger partial charge in [-0.1, -0.05) is 19.1 Å². The molecule has 4 heterocycles. The molecule has 0 aromatic carbocycles. The summed E-state index contributed by atoms with van der Waals surface area (Å²) < 4.78 is 9.61. The third-order valence-corrected chi connectivity index (χ3v) is 5.11. The number of hydrogen-bond acceptors (Lipinski definition) is 5. The molecule has 2 bridgehead atoms. The number of aromatic nitrogens is 5. The predicted molar refractivity (Wildman–Crippen MR) is 76.4 cm³/mol. The molecule has 22 heavy (non-hydrogen) atoms. The zero-order valence-corrected chi connectivity index (χ0v) is 12.6. The molecule has 1 unspecified atom stereocenters. The van der Waals surface area contributed by atoms with E-state index < -0.39 is 17.5 Å². The summed E-state index contributed by atoms with van der Waals surface area (Å²) in [4.78, 5) is 26.1. The summed E-state index contributed by atoms with van der Waals surface area (Å²) in [6.45, 7) is 5.83. The van der Waals surface area contributed by atoms with Gasteiger partial charge in [-0.2, -0.15) is 0 Å². The molecule has 8 heteroatoms. The van der Waals surface area contributed by atoms with E-state index in [4.69, 9.17) is 4.74 Å². The van der Waals surface area contributed by atoms with Crippen molar-refractivity contribution in [1.29, 1.82) is 0 Å². The van der Waals surface area contributed by atoms with E-state index in [0.717, 1.165) is 12.1 Å². The van der Waals surface area contributed by atoms with Gasteiger partial charge in [0.15, 0.2) is 6.23 Å². The SMILES string of the molecule is CC[C@@]12O[C@@H](n3cc(C)c(=O)[nH]c3=O)[C@H](C1C)n1nncc12. The molecular formula is C14H17N5O3. The van der Waals surface area contributed by atoms with E-state index in [9.17, 15) is 9.59 Å². The average Bonchev–Trinajstić information content (AvgIpc) is 3.12. The Hall–Kier alpha value is -2.22. The Bertz CT molecular complexity index is 866. The van der Waals surface area contributed by atoms with Crippen molar-refractivity contribution in [2.45, 2.75) is 45.1 Å². The van der Waals surface area contributed by atoms with Crippen molar-refractivity contribution in [3.8, 4) is 0 Å². The van der Waals surface area contributed by atoms with Crippen molar-refractivity contribution in [3.63, 3.8) is 0 Å². The number of aryl methyl sites for hydroxylation is 1. The fourth-order valence-electron chi connectivity index (χ4n) is 3.89. The number of nitrogens with zero attached hydrogens (tertiary/aromatic N) is 4. The minimum absolute atomic E-state index is 0.111. The number of H-pyrrole nitrogens is 1. The minimum atomic E-state index is -0.493. The number of ether oxygens (including phenoxy) is 1. The highest BCUT2D eigenvalue weighted by Gasteiger charge is 2.62. The summed E-state index contributed by atoms with van der Waals surface area (Å²) >= 11 is 0. The Morgan fingerprint density at radius 3 is 2.95 bits per heavy atom. The lowest BCUT2D eigenvalue weighted by Gasteiger charge is -2.31. The number of aromatic amines is 1. The minimum Gasteiger partial charge on any atom is -0.342 e. The summed E-state index contributed by atoms with van der Waals surface area (Å²) in [5.74, 6) is 0.173. The molecule has 1 saturated heterocycles. The van der Waals surface area contributed by atoms with Crippen LogP contribution in [0.15, 0.2) is 22.0 Å². The van der Waals surface area contributed by atoms with Gasteiger partial charge >= 0.3 is 5.69 Å². The average molecular weight is 303 g/mol. The number of nitrogens with one attached hydrogen (secondary N) is 1. The van der Waals surface area contributed by atoms with E-state index in [0.29, 0.717) is 5.56 Å². The van der Waals surface area contributed by atoms with Gasteiger partial charge in [-0.25, -0.2) is 9.48 Å². The zero-order valence-electron chi connectivity index (χ0n) is 12.6. The maximum atomic E-state index is 12.2. The summed E-state index contributed by atoms with van der Waals surface area (Å²) in [5.41, 5.74) is 0.112. The van der Waals surface area contributed by atoms with E-state index in [1.54, 1.807) is 19.3 Å². The lowest BCUT2D eigenvalue weighted by molar-refractivity contribution is -0.112. The first-order chi connectivity index (χ1) is 10.5. The molecule has 0 saturated carbocycles. The second kappa shape index (κ2) is 4.16. The first-order valence-corrected chi connectivity index (χ1v) is 7.40. The van der Waals surface area contributed by atoms with Crippen molar-refractivity contribution < 1.29 is 4.74 Å². The second-order valence-electron chi connectivity index (χ2n) is 6.07. The van der Waals surface area contributed by atoms with Crippen LogP contribution in [0.1, 0.15) is 43.8 Å². The molecule has 2 aromatic heterocycles. The van der Waals surface area contributed by atoms with Gasteiger partial charge in [0.25, 0.3) is 5.56 Å². The van der Waals surface area contributed by atoms with Crippen molar-refractivity contribution in [3.05, 3.63) is 44.5 Å². The van der Waals surface area contributed by atoms with E-state index in [1.165, 1.54) is 4.57 Å². The highest BCUT2D eigenvalue weighted by Crippen LogP contribution is 2.60. The van der Waals surface area contributed by atoms with Crippen molar-refractivity contribution >= 4 is 0 Å². The predicted octanol–water partition coefficient (Wildman–Crippen LogP) is 0.462. The van der Waals surface area contributed by atoms with E-state index in [-0.39, 0.29) is 17.5 Å². The van der Waals surface area contributed by atoms with Crippen molar-refractivity contribution in [2.24, 2.45) is 5.92 Å². The Balaban J connectivity index is 1.90. The maximum absolute atomic E-state index is 12.2. The zero-order chi connectivity index (χ0) is 15.6. The molecule has 2 aliphatic rings. The van der Waals surface area contributed by atoms with Gasteiger partial charge in [0.05, 0.1) is 11.9 Å². The van der Waals surface area contributed by atoms with Crippen LogP contribution in [0.2, 0.25) is 0 Å². The quantitative estimate of drug-likeness (QED) is 0.869. The van der Waals surface area contributed by atoms with Gasteiger partial charge < -0.3 is 4.74 Å². The molecule has 2 aromatic rings. The normalized spacial score (nSPS) is 32.4. The van der Waals surface area contributed by atoms with Gasteiger partial charge in [-0.05, 0) is 13.3 Å². The molecule has 1 N–H and O–H groups in total. The molecule has 8 nitrogen and oxygen atoms in total. The fourth-order valence-corrected chi connectivity index (χ4v) is 3.89. The van der Waals surface area contributed by atoms with Gasteiger partial charge in [0.2, 0.25) is 0 Å². The van der Waals surface area contributed by atoms with Crippen LogP contribution in [0, 0.1) is 12.8 Å². The highest BCUT2D eigenvalue weighted by molar-refractivity contribution is 5.23. The van der Waals surface area contributed by atoms with Crippen LogP contribution in [0.5, 0.6) is 0 Å². The van der Waals surface area contributed by atoms with Gasteiger partial charge in [-0.15, -0.1) is 5.10 Å². The molecule has 4 atom stereocenters. The van der Waals surface area contributed by atoms with Crippen LogP contribution in [0.4, 0.5) is 0 Å². The third-order valence-electron chi connectivity index (χ3n) is 5.11. The second-order valence-corrected chi connectivity index (χ2v) is 6.07. The maximum Gasteiger partial charge on any atom is 0.330 e. The molecule has 4 rings (SSSR count). The standard InChI is InChI=1S/C14H17N5O3/c1-4-14-8(3)10(19-9(14)5-15-17-19)12(22-14)18-6-7(2)11(20)16-13(18)21/h5-6,8,10,12H,4H2,1-3H3,(H,16,20,21)/t8?,10-,12+,14+/m0/s1. The largest absolute Gasteiger partial charge is 0.342 e. The summed E-state index contributed by atoms with van der Waals surface area (Å²) in [7, 11) is 0. The van der Waals surface area contributed by atoms with Crippen LogP contribution >= 0.6 is 0 Å². The van der Waals surface area contributed by atoms with Gasteiger partial charge in [0.1, 0.15) is 11.6 Å². The highest BCUT2D eigenvalue weighted by atomic mass is 16.5. The molecule has 0 aliphatic carbocycles. The van der Waals surface area contributed by atoms with Crippen LogP contribution in [0.25, 0.3) is 0 Å². The lowest BCUT2D eigenvalue weighted by atomic mass is 9.85. The Morgan fingerprint density at radius 2 is 2.23 bits per heavy atom. The van der Waals surface area contributed by atoms with Crippen LogP contribution in [-0.2, 0) is 10.3 Å². The fraction of sp³-hybridized carbons (Fsp3) is 0.571. The summed E-state index contributed by atoms with van der Waals surface area (Å²) in [6, 6.07) is -0.111. The van der Waals surface area contributed by atoms with E-state index in [1.807, 2.05) is 4.68 Å². The van der Waals surface area contributed by atoms with E-state index >= 15 is 0 Å². The number of rotatable bonds is 2. The molecule has 0 radical (unpaired) electrons. The number of hydrogen-bond donors (Lipinski definition) is 1. The molecule has 1 fully saturated rings. The Labute approximate surface area is 125 Å². The number of fused-ring (bicyclic) bond motifs is 5. The Kier molecular flexibility index (Phi) is 2.54. The monoisotopic (exact) mass is 303 g/mol. The molecular weight excluding hydrogens is 286 g/mol.